The average Bonchev–Trinajstić information content (AvgIpc) is 3.53. The van der Waals surface area contributed by atoms with E-state index in [1.807, 2.05) is 55.4 Å². The van der Waals surface area contributed by atoms with E-state index in [0.717, 1.165) is 25.9 Å². The normalized spacial score (nSPS) is 10.2. The Balaban J connectivity index is 0.000000646. The van der Waals surface area contributed by atoms with Gasteiger partial charge in [-0.1, -0.05) is 130 Å². The van der Waals surface area contributed by atoms with Gasteiger partial charge in [0.1, 0.15) is 0 Å². The highest BCUT2D eigenvalue weighted by atomic mass is 15.0. The summed E-state index contributed by atoms with van der Waals surface area (Å²) in [6.07, 6.45) is 2.25. The molecule has 4 aromatic carbocycles. The Hall–Kier alpha value is -3.52. The van der Waals surface area contributed by atoms with Gasteiger partial charge in [0.25, 0.3) is 0 Å². The molecule has 6 aromatic rings. The summed E-state index contributed by atoms with van der Waals surface area (Å²) >= 11 is 0. The molecule has 0 aliphatic carbocycles. The van der Waals surface area contributed by atoms with Gasteiger partial charge in [-0.2, -0.15) is 0 Å². The molecule has 2 nitrogen and oxygen atoms in total. The molecule has 0 fully saturated rings. The number of rotatable bonds is 5. The molecule has 0 amide bonds. The van der Waals surface area contributed by atoms with Crippen LogP contribution in [0.25, 0.3) is 54.7 Å². The van der Waals surface area contributed by atoms with Crippen LogP contribution in [0.1, 0.15) is 82.1 Å². The third kappa shape index (κ3) is 6.28. The Morgan fingerprint density at radius 3 is 1.07 bits per heavy atom. The summed E-state index contributed by atoms with van der Waals surface area (Å²) < 4.78 is 4.97. The molecule has 0 aliphatic heterocycles. The van der Waals surface area contributed by atoms with E-state index in [1.165, 1.54) is 54.7 Å². The van der Waals surface area contributed by atoms with Gasteiger partial charge in [-0.15, -0.1) is 0 Å². The summed E-state index contributed by atoms with van der Waals surface area (Å²) in [5.41, 5.74) is 7.90. The summed E-state index contributed by atoms with van der Waals surface area (Å²) in [5, 5.41) is 5.39. The molecule has 0 radical (unpaired) electrons. The highest BCUT2D eigenvalue weighted by molar-refractivity contribution is 6.11. The summed E-state index contributed by atoms with van der Waals surface area (Å²) in [4.78, 5) is 0. The molecule has 40 heavy (non-hydrogen) atoms. The molecule has 2 heteroatoms. The molecule has 6 rings (SSSR count). The van der Waals surface area contributed by atoms with E-state index in [4.69, 9.17) is 0 Å². The zero-order valence-electron chi connectivity index (χ0n) is 26.8. The zero-order valence-corrected chi connectivity index (χ0v) is 26.8. The van der Waals surface area contributed by atoms with E-state index >= 15 is 0 Å². The van der Waals surface area contributed by atoms with E-state index < -0.39 is 0 Å². The fourth-order valence-electron chi connectivity index (χ4n) is 5.39. The maximum atomic E-state index is 2.49. The molecule has 0 saturated heterocycles. The summed E-state index contributed by atoms with van der Waals surface area (Å²) in [6.45, 7) is 22.6. The van der Waals surface area contributed by atoms with Gasteiger partial charge in [-0.05, 0) is 48.2 Å². The predicted octanol–water partition coefficient (Wildman–Crippen LogP) is 12.5. The standard InChI is InChI=1S/C30H28N2.4C2H6/c1-3-17-31-27-11-7-5-9-23(27)25-15-13-21(19-29(25)31)22-14-16-26-24-10-6-8-12-28(24)32(18-4-2)30(26)20-22;4*1-2/h5-16,19-20H,3-4,17-18H2,1-2H3;4*1-2H3. The van der Waals surface area contributed by atoms with Crippen molar-refractivity contribution in [2.75, 3.05) is 0 Å². The average molecular weight is 537 g/mol. The molecule has 2 heterocycles. The highest BCUT2D eigenvalue weighted by Gasteiger charge is 2.13. The molecule has 0 aliphatic rings. The number of hydrogen-bond donors (Lipinski definition) is 0. The molecule has 0 unspecified atom stereocenters. The van der Waals surface area contributed by atoms with Gasteiger partial charge in [0, 0.05) is 56.7 Å². The van der Waals surface area contributed by atoms with Crippen LogP contribution in [-0.2, 0) is 13.1 Å². The van der Waals surface area contributed by atoms with Crippen molar-refractivity contribution < 1.29 is 0 Å². The lowest BCUT2D eigenvalue weighted by atomic mass is 10.0. The zero-order chi connectivity index (χ0) is 29.7. The molecule has 2 aromatic heterocycles. The minimum Gasteiger partial charge on any atom is -0.340 e. The fraction of sp³-hybridized carbons (Fsp3) is 0.368. The Kier molecular flexibility index (Phi) is 13.5. The first kappa shape index (κ1) is 32.7. The summed E-state index contributed by atoms with van der Waals surface area (Å²) in [7, 11) is 0. The number of hydrogen-bond acceptors (Lipinski definition) is 0. The van der Waals surface area contributed by atoms with Gasteiger partial charge in [-0.25, -0.2) is 0 Å². The Bertz CT molecular complexity index is 1470. The first-order valence-corrected chi connectivity index (χ1v) is 15.8. The van der Waals surface area contributed by atoms with Crippen LogP contribution in [0.15, 0.2) is 84.9 Å². The maximum absolute atomic E-state index is 2.49. The van der Waals surface area contributed by atoms with Crippen molar-refractivity contribution in [1.29, 1.82) is 0 Å². The van der Waals surface area contributed by atoms with Gasteiger partial charge in [0.15, 0.2) is 0 Å². The molecule has 0 bridgehead atoms. The molecule has 0 saturated carbocycles. The third-order valence-corrected chi connectivity index (χ3v) is 6.77. The number of aromatic nitrogens is 2. The van der Waals surface area contributed by atoms with Gasteiger partial charge >= 0.3 is 0 Å². The molecular formula is C38H52N2. The molecule has 0 spiro atoms. The van der Waals surface area contributed by atoms with Crippen LogP contribution in [-0.4, -0.2) is 9.13 Å². The van der Waals surface area contributed by atoms with E-state index in [-0.39, 0.29) is 0 Å². The fourth-order valence-corrected chi connectivity index (χ4v) is 5.39. The van der Waals surface area contributed by atoms with Crippen LogP contribution < -0.4 is 0 Å². The van der Waals surface area contributed by atoms with Crippen LogP contribution >= 0.6 is 0 Å². The lowest BCUT2D eigenvalue weighted by Crippen LogP contribution is -1.96. The third-order valence-electron chi connectivity index (χ3n) is 6.77. The number of aryl methyl sites for hydroxylation is 2. The summed E-state index contributed by atoms with van der Waals surface area (Å²) in [5.74, 6) is 0. The van der Waals surface area contributed by atoms with Crippen molar-refractivity contribution in [2.24, 2.45) is 0 Å². The lowest BCUT2D eigenvalue weighted by Gasteiger charge is -2.09. The first-order chi connectivity index (χ1) is 19.8. The van der Waals surface area contributed by atoms with Crippen LogP contribution in [0.3, 0.4) is 0 Å². The monoisotopic (exact) mass is 536 g/mol. The maximum Gasteiger partial charge on any atom is 0.0497 e. The minimum absolute atomic E-state index is 1.04. The quantitative estimate of drug-likeness (QED) is 0.207. The molecule has 214 valence electrons. The highest BCUT2D eigenvalue weighted by Crippen LogP contribution is 2.36. The molecule has 0 N–H and O–H groups in total. The van der Waals surface area contributed by atoms with Crippen LogP contribution in [0, 0.1) is 0 Å². The van der Waals surface area contributed by atoms with Crippen LogP contribution in [0.5, 0.6) is 0 Å². The predicted molar refractivity (Wildman–Crippen MR) is 184 cm³/mol. The molecular weight excluding hydrogens is 484 g/mol. The van der Waals surface area contributed by atoms with Crippen molar-refractivity contribution in [3.63, 3.8) is 0 Å². The van der Waals surface area contributed by atoms with Gasteiger partial charge in [0.05, 0.1) is 0 Å². The second kappa shape index (κ2) is 16.6. The second-order valence-corrected chi connectivity index (χ2v) is 8.80. The number of nitrogens with zero attached hydrogens (tertiary/aromatic N) is 2. The van der Waals surface area contributed by atoms with E-state index in [1.54, 1.807) is 0 Å². The number of para-hydroxylation sites is 2. The van der Waals surface area contributed by atoms with E-state index in [0.29, 0.717) is 0 Å². The minimum atomic E-state index is 1.04. The Morgan fingerprint density at radius 2 is 0.725 bits per heavy atom. The SMILES string of the molecule is CC.CC.CC.CC.CCCn1c2ccccc2c2ccc(-c3ccc4c5ccccc5n(CCC)c4c3)cc21. The number of benzene rings is 4. The smallest absolute Gasteiger partial charge is 0.0497 e. The molecule has 0 atom stereocenters. The van der Waals surface area contributed by atoms with Crippen molar-refractivity contribution in [2.45, 2.75) is 95.2 Å². The second-order valence-electron chi connectivity index (χ2n) is 8.80. The van der Waals surface area contributed by atoms with Crippen molar-refractivity contribution >= 4 is 43.6 Å². The van der Waals surface area contributed by atoms with E-state index in [9.17, 15) is 0 Å². The van der Waals surface area contributed by atoms with Gasteiger partial charge < -0.3 is 9.13 Å². The van der Waals surface area contributed by atoms with Crippen molar-refractivity contribution in [3.8, 4) is 11.1 Å². The largest absolute Gasteiger partial charge is 0.340 e. The Morgan fingerprint density at radius 1 is 0.400 bits per heavy atom. The number of fused-ring (bicyclic) bond motifs is 6. The van der Waals surface area contributed by atoms with Gasteiger partial charge in [0.2, 0.25) is 0 Å². The van der Waals surface area contributed by atoms with Crippen molar-refractivity contribution in [3.05, 3.63) is 84.9 Å². The lowest BCUT2D eigenvalue weighted by molar-refractivity contribution is 0.724. The summed E-state index contributed by atoms with van der Waals surface area (Å²) in [6, 6.07) is 31.6. The topological polar surface area (TPSA) is 9.86 Å². The van der Waals surface area contributed by atoms with E-state index in [2.05, 4.69) is 108 Å². The van der Waals surface area contributed by atoms with Gasteiger partial charge in [-0.3, -0.25) is 0 Å². The van der Waals surface area contributed by atoms with Crippen LogP contribution in [0.2, 0.25) is 0 Å². The Labute approximate surface area is 243 Å². The van der Waals surface area contributed by atoms with Crippen LogP contribution in [0.4, 0.5) is 0 Å². The van der Waals surface area contributed by atoms with Crippen molar-refractivity contribution in [1.82, 2.24) is 9.13 Å². The first-order valence-electron chi connectivity index (χ1n) is 15.8.